The van der Waals surface area contributed by atoms with Crippen LogP contribution in [0.1, 0.15) is 19.7 Å². The number of hydrogen-bond acceptors (Lipinski definition) is 5. The highest BCUT2D eigenvalue weighted by molar-refractivity contribution is 5.23. The average molecular weight is 198 g/mol. The number of aryl methyl sites for hydroxylation is 1. The van der Waals surface area contributed by atoms with Crippen molar-refractivity contribution in [2.24, 2.45) is 0 Å². The highest BCUT2D eigenvalue weighted by atomic mass is 16.5. The fraction of sp³-hybridized carbons (Fsp3) is 0.778. The van der Waals surface area contributed by atoms with Crippen LogP contribution >= 0.6 is 0 Å². The molecule has 0 saturated heterocycles. The molecule has 5 nitrogen and oxygen atoms in total. The van der Waals surface area contributed by atoms with E-state index in [0.717, 1.165) is 6.54 Å². The van der Waals surface area contributed by atoms with E-state index in [9.17, 15) is 0 Å². The van der Waals surface area contributed by atoms with Gasteiger partial charge in [0.25, 0.3) is 0 Å². The Labute approximate surface area is 84.5 Å². The summed E-state index contributed by atoms with van der Waals surface area (Å²) in [6.45, 7) is 6.88. The number of nitrogens with zero attached hydrogens (tertiary/aromatic N) is 3. The van der Waals surface area contributed by atoms with Gasteiger partial charge in [0.1, 0.15) is 0 Å². The first-order chi connectivity index (χ1) is 6.39. The van der Waals surface area contributed by atoms with Gasteiger partial charge >= 0.3 is 6.01 Å². The zero-order valence-electron chi connectivity index (χ0n) is 9.46. The van der Waals surface area contributed by atoms with Crippen LogP contribution in [0.4, 0.5) is 6.01 Å². The zero-order chi connectivity index (χ0) is 10.8. The van der Waals surface area contributed by atoms with Crippen LogP contribution in [0.3, 0.4) is 0 Å². The molecule has 0 bridgehead atoms. The Bertz CT molecular complexity index is 293. The van der Waals surface area contributed by atoms with E-state index in [2.05, 4.69) is 34.2 Å². The van der Waals surface area contributed by atoms with E-state index >= 15 is 0 Å². The van der Waals surface area contributed by atoms with Gasteiger partial charge in [0.2, 0.25) is 0 Å². The molecule has 1 aromatic rings. The number of likely N-dealkylation sites (N-methyl/N-ethyl adjacent to an activating group) is 1. The highest BCUT2D eigenvalue weighted by Gasteiger charge is 2.20. The summed E-state index contributed by atoms with van der Waals surface area (Å²) in [6.07, 6.45) is 0. The molecule has 0 unspecified atom stereocenters. The monoisotopic (exact) mass is 198 g/mol. The van der Waals surface area contributed by atoms with Gasteiger partial charge in [-0.05, 0) is 34.9 Å². The van der Waals surface area contributed by atoms with Crippen molar-refractivity contribution in [3.05, 3.63) is 5.82 Å². The fourth-order valence-corrected chi connectivity index (χ4v) is 1.47. The minimum atomic E-state index is -0.0809. The van der Waals surface area contributed by atoms with Crippen LogP contribution in [0.25, 0.3) is 0 Å². The molecule has 0 radical (unpaired) electrons. The Morgan fingerprint density at radius 3 is 2.50 bits per heavy atom. The third kappa shape index (κ3) is 3.33. The Hall–Kier alpha value is -1.10. The van der Waals surface area contributed by atoms with Gasteiger partial charge in [-0.2, -0.15) is 4.98 Å². The van der Waals surface area contributed by atoms with Crippen molar-refractivity contribution >= 4 is 6.01 Å². The molecular weight excluding hydrogens is 180 g/mol. The van der Waals surface area contributed by atoms with Crippen LogP contribution in [0.2, 0.25) is 0 Å². The molecule has 1 heterocycles. The van der Waals surface area contributed by atoms with Crippen molar-refractivity contribution in [2.45, 2.75) is 26.3 Å². The number of hydrogen-bond donors (Lipinski definition) is 1. The van der Waals surface area contributed by atoms with Crippen LogP contribution in [-0.2, 0) is 0 Å². The summed E-state index contributed by atoms with van der Waals surface area (Å²) in [6, 6.07) is 0.481. The quantitative estimate of drug-likeness (QED) is 0.786. The molecular formula is C9H18N4O. The molecule has 0 aromatic carbocycles. The van der Waals surface area contributed by atoms with Gasteiger partial charge in [0, 0.05) is 12.1 Å². The van der Waals surface area contributed by atoms with Crippen molar-refractivity contribution in [3.63, 3.8) is 0 Å². The maximum atomic E-state index is 4.99. The molecule has 0 aliphatic carbocycles. The smallest absolute Gasteiger partial charge is 0.321 e. The molecule has 0 saturated carbocycles. The Morgan fingerprint density at radius 2 is 2.07 bits per heavy atom. The lowest BCUT2D eigenvalue weighted by Gasteiger charge is -2.28. The van der Waals surface area contributed by atoms with Gasteiger partial charge in [-0.1, -0.05) is 5.16 Å². The van der Waals surface area contributed by atoms with Crippen molar-refractivity contribution in [3.8, 4) is 0 Å². The summed E-state index contributed by atoms with van der Waals surface area (Å²) in [5.41, 5.74) is -0.0809. The van der Waals surface area contributed by atoms with Crippen LogP contribution in [0.5, 0.6) is 0 Å². The Morgan fingerprint density at radius 1 is 1.43 bits per heavy atom. The maximum Gasteiger partial charge on any atom is 0.321 e. The summed E-state index contributed by atoms with van der Waals surface area (Å²) in [7, 11) is 4.06. The number of anilines is 1. The summed E-state index contributed by atoms with van der Waals surface area (Å²) in [5, 5.41) is 6.91. The van der Waals surface area contributed by atoms with E-state index in [4.69, 9.17) is 4.52 Å². The Kier molecular flexibility index (Phi) is 3.10. The molecule has 0 spiro atoms. The third-order valence-electron chi connectivity index (χ3n) is 1.68. The van der Waals surface area contributed by atoms with E-state index in [1.807, 2.05) is 14.1 Å². The first-order valence-electron chi connectivity index (χ1n) is 4.62. The topological polar surface area (TPSA) is 54.2 Å². The second-order valence-electron chi connectivity index (χ2n) is 4.39. The second kappa shape index (κ2) is 3.96. The van der Waals surface area contributed by atoms with Gasteiger partial charge < -0.3 is 14.7 Å². The molecule has 14 heavy (non-hydrogen) atoms. The molecule has 1 N–H and O–H groups in total. The molecule has 0 amide bonds. The summed E-state index contributed by atoms with van der Waals surface area (Å²) in [4.78, 5) is 6.20. The first kappa shape index (κ1) is 11.0. The van der Waals surface area contributed by atoms with Crippen LogP contribution in [-0.4, -0.2) is 41.2 Å². The van der Waals surface area contributed by atoms with Crippen molar-refractivity contribution in [1.29, 1.82) is 0 Å². The molecule has 0 atom stereocenters. The van der Waals surface area contributed by atoms with Gasteiger partial charge in [-0.3, -0.25) is 0 Å². The van der Waals surface area contributed by atoms with Gasteiger partial charge in [0.15, 0.2) is 5.82 Å². The number of nitrogens with one attached hydrogen (secondary N) is 1. The SMILES string of the molecule is Cc1noc(NC(C)(C)CN(C)C)n1. The maximum absolute atomic E-state index is 4.99. The molecule has 1 rings (SSSR count). The Balaban J connectivity index is 2.58. The van der Waals surface area contributed by atoms with Crippen LogP contribution in [0, 0.1) is 6.92 Å². The third-order valence-corrected chi connectivity index (χ3v) is 1.68. The molecule has 5 heteroatoms. The van der Waals surface area contributed by atoms with Crippen molar-refractivity contribution < 1.29 is 4.52 Å². The first-order valence-corrected chi connectivity index (χ1v) is 4.62. The minimum absolute atomic E-state index is 0.0809. The molecule has 0 aliphatic heterocycles. The van der Waals surface area contributed by atoms with Crippen molar-refractivity contribution in [1.82, 2.24) is 15.0 Å². The predicted octanol–water partition coefficient (Wildman–Crippen LogP) is 1.13. The van der Waals surface area contributed by atoms with Gasteiger partial charge in [-0.15, -0.1) is 0 Å². The fourth-order valence-electron chi connectivity index (χ4n) is 1.47. The lowest BCUT2D eigenvalue weighted by Crippen LogP contribution is -2.41. The largest absolute Gasteiger partial charge is 0.332 e. The van der Waals surface area contributed by atoms with E-state index in [0.29, 0.717) is 11.8 Å². The summed E-state index contributed by atoms with van der Waals surface area (Å²) in [5.74, 6) is 0.646. The summed E-state index contributed by atoms with van der Waals surface area (Å²) < 4.78 is 4.99. The molecule has 1 aromatic heterocycles. The van der Waals surface area contributed by atoms with E-state index in [-0.39, 0.29) is 5.54 Å². The van der Waals surface area contributed by atoms with Crippen molar-refractivity contribution in [2.75, 3.05) is 26.0 Å². The molecule has 0 aliphatic rings. The number of rotatable bonds is 4. The molecule has 0 fully saturated rings. The van der Waals surface area contributed by atoms with Gasteiger partial charge in [0.05, 0.1) is 0 Å². The number of aromatic nitrogens is 2. The van der Waals surface area contributed by atoms with Gasteiger partial charge in [-0.25, -0.2) is 0 Å². The average Bonchev–Trinajstić information content (AvgIpc) is 2.30. The van der Waals surface area contributed by atoms with E-state index in [1.165, 1.54) is 0 Å². The predicted molar refractivity (Wildman–Crippen MR) is 55.3 cm³/mol. The lowest BCUT2D eigenvalue weighted by atomic mass is 10.1. The van der Waals surface area contributed by atoms with Crippen LogP contribution in [0.15, 0.2) is 4.52 Å². The van der Waals surface area contributed by atoms with E-state index < -0.39 is 0 Å². The summed E-state index contributed by atoms with van der Waals surface area (Å²) >= 11 is 0. The molecule has 80 valence electrons. The lowest BCUT2D eigenvalue weighted by molar-refractivity contribution is 0.323. The highest BCUT2D eigenvalue weighted by Crippen LogP contribution is 2.13. The minimum Gasteiger partial charge on any atom is -0.332 e. The second-order valence-corrected chi connectivity index (χ2v) is 4.39. The standard InChI is InChI=1S/C9H18N4O/c1-7-10-8(14-12-7)11-9(2,3)6-13(4)5/h6H2,1-5H3,(H,10,11,12). The zero-order valence-corrected chi connectivity index (χ0v) is 9.46. The van der Waals surface area contributed by atoms with Crippen LogP contribution < -0.4 is 5.32 Å². The van der Waals surface area contributed by atoms with E-state index in [1.54, 1.807) is 6.92 Å². The normalized spacial score (nSPS) is 12.1.